The van der Waals surface area contributed by atoms with Crippen molar-refractivity contribution < 1.29 is 9.90 Å². The van der Waals surface area contributed by atoms with E-state index in [2.05, 4.69) is 15.3 Å². The van der Waals surface area contributed by atoms with Crippen molar-refractivity contribution in [2.45, 2.75) is 18.9 Å². The van der Waals surface area contributed by atoms with Crippen molar-refractivity contribution in [3.63, 3.8) is 0 Å². The van der Waals surface area contributed by atoms with Gasteiger partial charge in [-0.25, -0.2) is 0 Å². The topological polar surface area (TPSA) is 75.1 Å². The number of rotatable bonds is 5. The molecule has 126 valence electrons. The molecule has 25 heavy (non-hydrogen) atoms. The van der Waals surface area contributed by atoms with Crippen molar-refractivity contribution in [2.75, 3.05) is 6.54 Å². The van der Waals surface area contributed by atoms with Gasteiger partial charge in [0.2, 0.25) is 0 Å². The minimum Gasteiger partial charge on any atom is -0.388 e. The molecule has 1 aliphatic rings. The highest BCUT2D eigenvalue weighted by Crippen LogP contribution is 2.54. The standard InChI is InChI=1S/C20H19N3O2/c24-18(14-4-2-1-3-5-14)20(8-9-20)13-23-19(25)15-6-7-16-17(12-15)22-11-10-21-16/h1-7,10-12,18,24H,8-9,13H2,(H,23,25)/t18-/m1/s1. The predicted octanol–water partition coefficient (Wildman–Crippen LogP) is 2.87. The Morgan fingerprint density at radius 2 is 1.80 bits per heavy atom. The van der Waals surface area contributed by atoms with E-state index < -0.39 is 6.10 Å². The molecule has 0 saturated heterocycles. The molecule has 2 N–H and O–H groups in total. The summed E-state index contributed by atoms with van der Waals surface area (Å²) in [6.07, 6.45) is 4.50. The third kappa shape index (κ3) is 3.10. The molecule has 0 unspecified atom stereocenters. The molecule has 1 fully saturated rings. The molecule has 1 aliphatic carbocycles. The van der Waals surface area contributed by atoms with Gasteiger partial charge in [-0.2, -0.15) is 0 Å². The second-order valence-corrected chi connectivity index (χ2v) is 6.62. The summed E-state index contributed by atoms with van der Waals surface area (Å²) in [6, 6.07) is 14.9. The van der Waals surface area contributed by atoms with Crippen LogP contribution in [0.15, 0.2) is 60.9 Å². The Kier molecular flexibility index (Phi) is 3.93. The second-order valence-electron chi connectivity index (χ2n) is 6.62. The Morgan fingerprint density at radius 3 is 2.52 bits per heavy atom. The average Bonchev–Trinajstić information content (AvgIpc) is 3.47. The van der Waals surface area contributed by atoms with E-state index in [1.165, 1.54) is 0 Å². The van der Waals surface area contributed by atoms with Crippen LogP contribution in [-0.4, -0.2) is 27.5 Å². The number of aromatic nitrogens is 2. The minimum absolute atomic E-state index is 0.154. The Bertz CT molecular complexity index is 907. The molecule has 3 aromatic rings. The van der Waals surface area contributed by atoms with Gasteiger partial charge in [-0.3, -0.25) is 14.8 Å². The molecule has 4 rings (SSSR count). The van der Waals surface area contributed by atoms with Gasteiger partial charge in [-0.15, -0.1) is 0 Å². The van der Waals surface area contributed by atoms with E-state index in [4.69, 9.17) is 0 Å². The van der Waals surface area contributed by atoms with E-state index in [1.54, 1.807) is 30.6 Å². The molecular formula is C20H19N3O2. The Morgan fingerprint density at radius 1 is 1.08 bits per heavy atom. The quantitative estimate of drug-likeness (QED) is 0.753. The number of carbonyl (C=O) groups excluding carboxylic acids is 1. The summed E-state index contributed by atoms with van der Waals surface area (Å²) in [5.74, 6) is -0.154. The first-order chi connectivity index (χ1) is 12.2. The number of carbonyl (C=O) groups is 1. The fourth-order valence-electron chi connectivity index (χ4n) is 3.16. The third-order valence-electron chi connectivity index (χ3n) is 4.92. The molecule has 1 aromatic heterocycles. The summed E-state index contributed by atoms with van der Waals surface area (Å²) < 4.78 is 0. The van der Waals surface area contributed by atoms with Gasteiger partial charge in [0.05, 0.1) is 17.1 Å². The number of hydrogen-bond acceptors (Lipinski definition) is 4. The first kappa shape index (κ1) is 15.7. The van der Waals surface area contributed by atoms with Crippen LogP contribution < -0.4 is 5.32 Å². The summed E-state index contributed by atoms with van der Waals surface area (Å²) in [7, 11) is 0. The maximum Gasteiger partial charge on any atom is 0.251 e. The molecule has 5 nitrogen and oxygen atoms in total. The van der Waals surface area contributed by atoms with Crippen LogP contribution in [0, 0.1) is 5.41 Å². The lowest BCUT2D eigenvalue weighted by Gasteiger charge is -2.23. The number of hydrogen-bond donors (Lipinski definition) is 2. The molecule has 0 bridgehead atoms. The van der Waals surface area contributed by atoms with Crippen LogP contribution in [0.2, 0.25) is 0 Å². The van der Waals surface area contributed by atoms with E-state index in [0.717, 1.165) is 23.9 Å². The lowest BCUT2D eigenvalue weighted by Crippen LogP contribution is -2.33. The Hall–Kier alpha value is -2.79. The fraction of sp³-hybridized carbons (Fsp3) is 0.250. The molecule has 1 amide bonds. The highest BCUT2D eigenvalue weighted by molar-refractivity contribution is 5.97. The first-order valence-electron chi connectivity index (χ1n) is 8.40. The van der Waals surface area contributed by atoms with Gasteiger partial charge in [-0.05, 0) is 36.6 Å². The molecular weight excluding hydrogens is 314 g/mol. The highest BCUT2D eigenvalue weighted by Gasteiger charge is 2.49. The molecule has 0 spiro atoms. The van der Waals surface area contributed by atoms with Crippen LogP contribution in [0.1, 0.15) is 34.9 Å². The number of benzene rings is 2. The zero-order valence-corrected chi connectivity index (χ0v) is 13.7. The van der Waals surface area contributed by atoms with Gasteiger partial charge in [0, 0.05) is 29.9 Å². The minimum atomic E-state index is -0.559. The van der Waals surface area contributed by atoms with Crippen molar-refractivity contribution in [3.05, 3.63) is 72.1 Å². The predicted molar refractivity (Wildman–Crippen MR) is 94.9 cm³/mol. The van der Waals surface area contributed by atoms with Gasteiger partial charge in [0.25, 0.3) is 5.91 Å². The summed E-state index contributed by atoms with van der Waals surface area (Å²) in [4.78, 5) is 20.9. The van der Waals surface area contributed by atoms with E-state index in [0.29, 0.717) is 17.6 Å². The van der Waals surface area contributed by atoms with Crippen LogP contribution in [0.3, 0.4) is 0 Å². The van der Waals surface area contributed by atoms with Crippen LogP contribution in [0.4, 0.5) is 0 Å². The molecule has 1 atom stereocenters. The maximum absolute atomic E-state index is 12.5. The zero-order valence-electron chi connectivity index (χ0n) is 13.7. The van der Waals surface area contributed by atoms with Gasteiger partial charge in [0.1, 0.15) is 0 Å². The van der Waals surface area contributed by atoms with Gasteiger partial charge < -0.3 is 10.4 Å². The number of nitrogens with one attached hydrogen (secondary N) is 1. The van der Waals surface area contributed by atoms with E-state index in [9.17, 15) is 9.90 Å². The van der Waals surface area contributed by atoms with Gasteiger partial charge in [0.15, 0.2) is 0 Å². The molecule has 5 heteroatoms. The van der Waals surface area contributed by atoms with Gasteiger partial charge in [-0.1, -0.05) is 30.3 Å². The van der Waals surface area contributed by atoms with E-state index >= 15 is 0 Å². The van der Waals surface area contributed by atoms with E-state index in [1.807, 2.05) is 30.3 Å². The van der Waals surface area contributed by atoms with Crippen molar-refractivity contribution in [1.82, 2.24) is 15.3 Å². The van der Waals surface area contributed by atoms with Crippen molar-refractivity contribution in [3.8, 4) is 0 Å². The normalized spacial score (nSPS) is 16.4. The van der Waals surface area contributed by atoms with Crippen molar-refractivity contribution in [2.24, 2.45) is 5.41 Å². The number of nitrogens with zero attached hydrogens (tertiary/aromatic N) is 2. The maximum atomic E-state index is 12.5. The summed E-state index contributed by atoms with van der Waals surface area (Å²) in [5, 5.41) is 13.6. The molecule has 2 aromatic carbocycles. The Balaban J connectivity index is 1.46. The third-order valence-corrected chi connectivity index (χ3v) is 4.92. The Labute approximate surface area is 145 Å². The number of fused-ring (bicyclic) bond motifs is 1. The van der Waals surface area contributed by atoms with E-state index in [-0.39, 0.29) is 11.3 Å². The van der Waals surface area contributed by atoms with Gasteiger partial charge >= 0.3 is 0 Å². The average molecular weight is 333 g/mol. The molecule has 1 saturated carbocycles. The van der Waals surface area contributed by atoms with Crippen LogP contribution >= 0.6 is 0 Å². The van der Waals surface area contributed by atoms with Crippen molar-refractivity contribution in [1.29, 1.82) is 0 Å². The second kappa shape index (κ2) is 6.26. The SMILES string of the molecule is O=C(NCC1([C@H](O)c2ccccc2)CC1)c1ccc2nccnc2c1. The van der Waals surface area contributed by atoms with Crippen LogP contribution in [0.5, 0.6) is 0 Å². The lowest BCUT2D eigenvalue weighted by atomic mass is 9.92. The fourth-order valence-corrected chi connectivity index (χ4v) is 3.16. The molecule has 0 radical (unpaired) electrons. The summed E-state index contributed by atoms with van der Waals surface area (Å²) in [6.45, 7) is 0.459. The monoisotopic (exact) mass is 333 g/mol. The summed E-state index contributed by atoms with van der Waals surface area (Å²) >= 11 is 0. The smallest absolute Gasteiger partial charge is 0.251 e. The largest absolute Gasteiger partial charge is 0.388 e. The number of aliphatic hydroxyl groups excluding tert-OH is 1. The van der Waals surface area contributed by atoms with Crippen molar-refractivity contribution >= 4 is 16.9 Å². The lowest BCUT2D eigenvalue weighted by molar-refractivity contribution is 0.0808. The molecule has 1 heterocycles. The zero-order chi connectivity index (χ0) is 17.3. The highest BCUT2D eigenvalue weighted by atomic mass is 16.3. The summed E-state index contributed by atoms with van der Waals surface area (Å²) in [5.41, 5.74) is 2.65. The van der Waals surface area contributed by atoms with Crippen LogP contribution in [0.25, 0.3) is 11.0 Å². The number of amides is 1. The first-order valence-corrected chi connectivity index (χ1v) is 8.40. The van der Waals surface area contributed by atoms with Crippen LogP contribution in [-0.2, 0) is 0 Å². The molecule has 0 aliphatic heterocycles. The number of aliphatic hydroxyl groups is 1.